The molecule has 14 heavy (non-hydrogen) atoms. The second kappa shape index (κ2) is 5.56. The van der Waals surface area contributed by atoms with Gasteiger partial charge >= 0.3 is 0 Å². The molecule has 0 unspecified atom stereocenters. The summed E-state index contributed by atoms with van der Waals surface area (Å²) in [5.41, 5.74) is 0.564. The molecule has 0 amide bonds. The van der Waals surface area contributed by atoms with Gasteiger partial charge in [0.2, 0.25) is 0 Å². The third-order valence-electron chi connectivity index (χ3n) is 1.66. The van der Waals surface area contributed by atoms with E-state index < -0.39 is 0 Å². The minimum absolute atomic E-state index is 0.0137. The fraction of sp³-hybridized carbons (Fsp3) is 0.300. The van der Waals surface area contributed by atoms with E-state index in [2.05, 4.69) is 22.6 Å². The van der Waals surface area contributed by atoms with Gasteiger partial charge in [0.1, 0.15) is 5.75 Å². The van der Waals surface area contributed by atoms with Crippen LogP contribution >= 0.6 is 34.2 Å². The molecule has 0 aliphatic rings. The van der Waals surface area contributed by atoms with E-state index in [-0.39, 0.29) is 11.7 Å². The highest BCUT2D eigenvalue weighted by atomic mass is 127. The number of ketones is 1. The third-order valence-corrected chi connectivity index (χ3v) is 2.58. The van der Waals surface area contributed by atoms with Crippen LogP contribution in [0.4, 0.5) is 0 Å². The molecule has 0 aliphatic heterocycles. The van der Waals surface area contributed by atoms with Crippen molar-refractivity contribution in [3.8, 4) is 5.75 Å². The van der Waals surface area contributed by atoms with Crippen molar-refractivity contribution in [1.29, 1.82) is 0 Å². The Balaban J connectivity index is 3.08. The average molecular weight is 325 g/mol. The first-order valence-electron chi connectivity index (χ1n) is 4.20. The smallest absolute Gasteiger partial charge is 0.181 e. The van der Waals surface area contributed by atoms with Crippen LogP contribution < -0.4 is 4.74 Å². The van der Waals surface area contributed by atoms with E-state index in [9.17, 15) is 4.79 Å². The van der Waals surface area contributed by atoms with Gasteiger partial charge in [-0.3, -0.25) is 4.79 Å². The van der Waals surface area contributed by atoms with Crippen molar-refractivity contribution in [2.75, 3.05) is 12.5 Å². The minimum atomic E-state index is -0.103. The number of benzene rings is 1. The molecule has 1 rings (SSSR count). The van der Waals surface area contributed by atoms with Gasteiger partial charge in [0.05, 0.1) is 18.1 Å². The normalized spacial score (nSPS) is 9.93. The van der Waals surface area contributed by atoms with Gasteiger partial charge in [0.15, 0.2) is 5.78 Å². The van der Waals surface area contributed by atoms with E-state index in [1.807, 2.05) is 13.0 Å². The summed E-state index contributed by atoms with van der Waals surface area (Å²) in [5.74, 6) is 0.493. The fourth-order valence-electron chi connectivity index (χ4n) is 1.07. The van der Waals surface area contributed by atoms with E-state index in [1.54, 1.807) is 12.1 Å². The second-order valence-electron chi connectivity index (χ2n) is 2.63. The fourth-order valence-corrected chi connectivity index (χ4v) is 1.71. The van der Waals surface area contributed by atoms with Crippen LogP contribution in [0, 0.1) is 3.57 Å². The number of rotatable bonds is 4. The summed E-state index contributed by atoms with van der Waals surface area (Å²) in [5, 5.41) is 0. The zero-order chi connectivity index (χ0) is 10.6. The molecule has 0 saturated carbocycles. The molecule has 0 aliphatic carbocycles. The number of hydrogen-bond donors (Lipinski definition) is 0. The Morgan fingerprint density at radius 3 is 2.86 bits per heavy atom. The van der Waals surface area contributed by atoms with Crippen molar-refractivity contribution in [2.24, 2.45) is 0 Å². The van der Waals surface area contributed by atoms with Gasteiger partial charge in [-0.05, 0) is 47.7 Å². The van der Waals surface area contributed by atoms with Crippen molar-refractivity contribution >= 4 is 40.0 Å². The first-order valence-corrected chi connectivity index (χ1v) is 5.82. The molecule has 2 nitrogen and oxygen atoms in total. The van der Waals surface area contributed by atoms with E-state index >= 15 is 0 Å². The van der Waals surface area contributed by atoms with Crippen molar-refractivity contribution in [3.05, 3.63) is 27.3 Å². The number of hydrogen-bond acceptors (Lipinski definition) is 2. The number of halogens is 2. The third kappa shape index (κ3) is 2.85. The summed E-state index contributed by atoms with van der Waals surface area (Å²) in [7, 11) is 0. The maximum absolute atomic E-state index is 11.4. The largest absolute Gasteiger partial charge is 0.493 e. The monoisotopic (exact) mass is 324 g/mol. The predicted molar refractivity (Wildman–Crippen MR) is 65.4 cm³/mol. The van der Waals surface area contributed by atoms with E-state index in [0.29, 0.717) is 17.9 Å². The SMILES string of the molecule is CCOc1ccc(I)cc1C(=O)CCl. The molecular weight excluding hydrogens is 314 g/mol. The molecular formula is C10H10ClIO2. The molecule has 0 bridgehead atoms. The Bertz CT molecular complexity index is 339. The first kappa shape index (κ1) is 11.8. The van der Waals surface area contributed by atoms with Gasteiger partial charge in [-0.1, -0.05) is 0 Å². The minimum Gasteiger partial charge on any atom is -0.493 e. The van der Waals surface area contributed by atoms with Gasteiger partial charge < -0.3 is 4.74 Å². The Kier molecular flexibility index (Phi) is 4.68. The first-order chi connectivity index (χ1) is 6.69. The lowest BCUT2D eigenvalue weighted by molar-refractivity contribution is 0.101. The quantitative estimate of drug-likeness (QED) is 0.483. The molecule has 76 valence electrons. The topological polar surface area (TPSA) is 26.3 Å². The summed E-state index contributed by atoms with van der Waals surface area (Å²) in [4.78, 5) is 11.4. The maximum atomic E-state index is 11.4. The number of alkyl halides is 1. The maximum Gasteiger partial charge on any atom is 0.181 e. The highest BCUT2D eigenvalue weighted by Crippen LogP contribution is 2.22. The predicted octanol–water partition coefficient (Wildman–Crippen LogP) is 3.11. The van der Waals surface area contributed by atoms with Gasteiger partial charge in [0, 0.05) is 3.57 Å². The van der Waals surface area contributed by atoms with Crippen molar-refractivity contribution < 1.29 is 9.53 Å². The van der Waals surface area contributed by atoms with Crippen molar-refractivity contribution in [2.45, 2.75) is 6.92 Å². The van der Waals surface area contributed by atoms with Crippen LogP contribution in [0.25, 0.3) is 0 Å². The summed E-state index contributed by atoms with van der Waals surface area (Å²) < 4.78 is 6.33. The Labute approximate surface area is 102 Å². The zero-order valence-electron chi connectivity index (χ0n) is 7.72. The number of carbonyl (C=O) groups excluding carboxylic acids is 1. The molecule has 1 aromatic rings. The van der Waals surface area contributed by atoms with Gasteiger partial charge in [-0.2, -0.15) is 0 Å². The van der Waals surface area contributed by atoms with Crippen molar-refractivity contribution in [3.63, 3.8) is 0 Å². The summed E-state index contributed by atoms with van der Waals surface area (Å²) in [6.45, 7) is 2.43. The van der Waals surface area contributed by atoms with Crippen LogP contribution in [0.5, 0.6) is 5.75 Å². The molecule has 0 heterocycles. The van der Waals surface area contributed by atoms with Crippen LogP contribution in [0.15, 0.2) is 18.2 Å². The van der Waals surface area contributed by atoms with Crippen LogP contribution in [0.3, 0.4) is 0 Å². The van der Waals surface area contributed by atoms with E-state index in [0.717, 1.165) is 3.57 Å². The summed E-state index contributed by atoms with van der Waals surface area (Å²) in [6.07, 6.45) is 0. The lowest BCUT2D eigenvalue weighted by atomic mass is 10.1. The number of carbonyl (C=O) groups is 1. The molecule has 0 N–H and O–H groups in total. The molecule has 0 saturated heterocycles. The lowest BCUT2D eigenvalue weighted by Gasteiger charge is -2.08. The number of Topliss-reactive ketones (excluding diaryl/α,β-unsaturated/α-hetero) is 1. The molecule has 0 aromatic heterocycles. The van der Waals surface area contributed by atoms with Crippen LogP contribution in [-0.4, -0.2) is 18.3 Å². The molecule has 0 atom stereocenters. The molecule has 4 heteroatoms. The standard InChI is InChI=1S/C10H10ClIO2/c1-2-14-10-4-3-7(12)5-8(10)9(13)6-11/h3-5H,2,6H2,1H3. The van der Waals surface area contributed by atoms with Crippen LogP contribution in [-0.2, 0) is 0 Å². The Hall–Kier alpha value is -0.290. The highest BCUT2D eigenvalue weighted by molar-refractivity contribution is 14.1. The Morgan fingerprint density at radius 2 is 2.29 bits per heavy atom. The van der Waals surface area contributed by atoms with Gasteiger partial charge in [-0.25, -0.2) is 0 Å². The van der Waals surface area contributed by atoms with Gasteiger partial charge in [-0.15, -0.1) is 11.6 Å². The van der Waals surface area contributed by atoms with E-state index in [4.69, 9.17) is 16.3 Å². The second-order valence-corrected chi connectivity index (χ2v) is 4.14. The molecule has 0 fully saturated rings. The number of ether oxygens (including phenoxy) is 1. The average Bonchev–Trinajstić information content (AvgIpc) is 2.20. The lowest BCUT2D eigenvalue weighted by Crippen LogP contribution is -2.05. The van der Waals surface area contributed by atoms with E-state index in [1.165, 1.54) is 0 Å². The van der Waals surface area contributed by atoms with Gasteiger partial charge in [0.25, 0.3) is 0 Å². The Morgan fingerprint density at radius 1 is 1.57 bits per heavy atom. The highest BCUT2D eigenvalue weighted by Gasteiger charge is 2.11. The zero-order valence-corrected chi connectivity index (χ0v) is 10.6. The van der Waals surface area contributed by atoms with Crippen LogP contribution in [0.1, 0.15) is 17.3 Å². The summed E-state index contributed by atoms with van der Waals surface area (Å²) in [6, 6.07) is 5.48. The molecule has 0 spiro atoms. The summed E-state index contributed by atoms with van der Waals surface area (Å²) >= 11 is 7.65. The molecule has 1 aromatic carbocycles. The van der Waals surface area contributed by atoms with Crippen molar-refractivity contribution in [1.82, 2.24) is 0 Å². The molecule has 0 radical (unpaired) electrons. The van der Waals surface area contributed by atoms with Crippen LogP contribution in [0.2, 0.25) is 0 Å².